The van der Waals surface area contributed by atoms with Crippen molar-refractivity contribution >= 4 is 11.9 Å². The molecule has 0 heterocycles. The van der Waals surface area contributed by atoms with Crippen LogP contribution in [0.4, 0.5) is 8.78 Å². The molecule has 0 aliphatic carbocycles. The zero-order valence-electron chi connectivity index (χ0n) is 13.3. The average Bonchev–Trinajstić information content (AvgIpc) is 2.60. The monoisotopic (exact) mass is 344 g/mol. The highest BCUT2D eigenvalue weighted by Crippen LogP contribution is 2.13. The number of amides is 1. The summed E-state index contributed by atoms with van der Waals surface area (Å²) in [5, 5.41) is 11.5. The van der Waals surface area contributed by atoms with Crippen LogP contribution >= 0.6 is 0 Å². The van der Waals surface area contributed by atoms with Crippen LogP contribution in [0, 0.1) is 23.0 Å². The summed E-state index contributed by atoms with van der Waals surface area (Å²) in [5.41, 5.74) is 0.475. The van der Waals surface area contributed by atoms with Crippen LogP contribution < -0.4 is 5.32 Å². The van der Waals surface area contributed by atoms with E-state index in [-0.39, 0.29) is 6.42 Å². The van der Waals surface area contributed by atoms with Gasteiger partial charge in [0.1, 0.15) is 17.7 Å². The molecule has 128 valence electrons. The van der Waals surface area contributed by atoms with Crippen LogP contribution in [0.15, 0.2) is 42.5 Å². The minimum Gasteiger partial charge on any atom is -0.467 e. The number of halogens is 2. The third-order valence-corrected chi connectivity index (χ3v) is 3.53. The number of methoxy groups -OCH3 is 1. The van der Waals surface area contributed by atoms with E-state index in [1.54, 1.807) is 24.3 Å². The molecule has 0 aliphatic rings. The Hall–Kier alpha value is -3.27. The number of carbonyl (C=O) groups excluding carboxylic acids is 2. The topological polar surface area (TPSA) is 79.2 Å². The molecule has 1 amide bonds. The van der Waals surface area contributed by atoms with E-state index in [0.29, 0.717) is 17.2 Å². The zero-order chi connectivity index (χ0) is 18.4. The Bertz CT molecular complexity index is 846. The highest BCUT2D eigenvalue weighted by atomic mass is 19.1. The Labute approximate surface area is 142 Å². The van der Waals surface area contributed by atoms with Gasteiger partial charge in [0.15, 0.2) is 0 Å². The van der Waals surface area contributed by atoms with Crippen LogP contribution in [0.3, 0.4) is 0 Å². The van der Waals surface area contributed by atoms with Gasteiger partial charge in [0.25, 0.3) is 5.91 Å². The second kappa shape index (κ2) is 8.02. The van der Waals surface area contributed by atoms with E-state index in [0.717, 1.165) is 19.2 Å². The van der Waals surface area contributed by atoms with Crippen molar-refractivity contribution in [3.8, 4) is 6.07 Å². The molecule has 0 saturated heterocycles. The summed E-state index contributed by atoms with van der Waals surface area (Å²) < 4.78 is 31.3. The second-order valence-electron chi connectivity index (χ2n) is 5.15. The number of nitrogens with zero attached hydrogens (tertiary/aromatic N) is 1. The molecular formula is C18H14F2N2O3. The molecule has 0 radical (unpaired) electrons. The van der Waals surface area contributed by atoms with Crippen LogP contribution in [-0.4, -0.2) is 25.0 Å². The maximum Gasteiger partial charge on any atom is 0.328 e. The second-order valence-corrected chi connectivity index (χ2v) is 5.15. The van der Waals surface area contributed by atoms with E-state index in [9.17, 15) is 18.4 Å². The van der Waals surface area contributed by atoms with Gasteiger partial charge in [-0.3, -0.25) is 4.79 Å². The van der Waals surface area contributed by atoms with E-state index in [4.69, 9.17) is 5.26 Å². The Balaban J connectivity index is 2.25. The number of esters is 1. The van der Waals surface area contributed by atoms with E-state index in [2.05, 4.69) is 10.1 Å². The molecule has 0 unspecified atom stereocenters. The normalized spacial score (nSPS) is 11.3. The van der Waals surface area contributed by atoms with Gasteiger partial charge in [0, 0.05) is 12.5 Å². The van der Waals surface area contributed by atoms with Gasteiger partial charge in [-0.1, -0.05) is 18.2 Å². The number of rotatable bonds is 5. The van der Waals surface area contributed by atoms with Crippen molar-refractivity contribution < 1.29 is 23.1 Å². The van der Waals surface area contributed by atoms with Gasteiger partial charge in [-0.25, -0.2) is 13.6 Å². The number of nitrogens with one attached hydrogen (secondary N) is 1. The molecule has 0 aromatic heterocycles. The van der Waals surface area contributed by atoms with Crippen LogP contribution in [0.5, 0.6) is 0 Å². The number of hydrogen-bond acceptors (Lipinski definition) is 4. The lowest BCUT2D eigenvalue weighted by Crippen LogP contribution is -2.43. The van der Waals surface area contributed by atoms with Crippen LogP contribution in [-0.2, 0) is 16.0 Å². The SMILES string of the molecule is COC(=O)[C@@H](Cc1ccccc1C#N)NC(=O)c1ccc(F)cc1F. The maximum absolute atomic E-state index is 13.7. The highest BCUT2D eigenvalue weighted by Gasteiger charge is 2.25. The standard InChI is InChI=1S/C18H14F2N2O3/c1-25-18(24)16(8-11-4-2-3-5-12(11)10-21)22-17(23)14-7-6-13(19)9-15(14)20/h2-7,9,16H,8H2,1H3,(H,22,23)/t16-/m1/s1. The predicted octanol–water partition coefficient (Wildman–Crippen LogP) is 2.35. The van der Waals surface area contributed by atoms with Crippen molar-refractivity contribution in [2.75, 3.05) is 7.11 Å². The summed E-state index contributed by atoms with van der Waals surface area (Å²) in [5.74, 6) is -3.49. The summed E-state index contributed by atoms with van der Waals surface area (Å²) in [6.45, 7) is 0. The first-order valence-corrected chi connectivity index (χ1v) is 7.28. The average molecular weight is 344 g/mol. The van der Waals surface area contributed by atoms with Crippen molar-refractivity contribution in [1.82, 2.24) is 5.32 Å². The lowest BCUT2D eigenvalue weighted by molar-refractivity contribution is -0.142. The summed E-state index contributed by atoms with van der Waals surface area (Å²) in [4.78, 5) is 24.2. The molecule has 5 nitrogen and oxygen atoms in total. The molecule has 2 aromatic carbocycles. The lowest BCUT2D eigenvalue weighted by atomic mass is 10.0. The molecule has 1 N–H and O–H groups in total. The first kappa shape index (κ1) is 18.1. The summed E-state index contributed by atoms with van der Waals surface area (Å²) in [7, 11) is 1.15. The van der Waals surface area contributed by atoms with E-state index in [1.807, 2.05) is 6.07 Å². The molecule has 1 atom stereocenters. The molecule has 2 aromatic rings. The summed E-state index contributed by atoms with van der Waals surface area (Å²) >= 11 is 0. The number of nitriles is 1. The highest BCUT2D eigenvalue weighted by molar-refractivity contribution is 5.97. The molecular weight excluding hydrogens is 330 g/mol. The van der Waals surface area contributed by atoms with Gasteiger partial charge in [0.2, 0.25) is 0 Å². The van der Waals surface area contributed by atoms with Gasteiger partial charge in [-0.2, -0.15) is 5.26 Å². The van der Waals surface area contributed by atoms with Gasteiger partial charge >= 0.3 is 5.97 Å². The van der Waals surface area contributed by atoms with Crippen LogP contribution in [0.1, 0.15) is 21.5 Å². The molecule has 0 fully saturated rings. The molecule has 2 rings (SSSR count). The van der Waals surface area contributed by atoms with Gasteiger partial charge in [0.05, 0.1) is 24.3 Å². The molecule has 0 saturated carbocycles. The van der Waals surface area contributed by atoms with E-state index in [1.165, 1.54) is 0 Å². The predicted molar refractivity (Wildman–Crippen MR) is 84.5 cm³/mol. The number of carbonyl (C=O) groups is 2. The fraction of sp³-hybridized carbons (Fsp3) is 0.167. The van der Waals surface area contributed by atoms with Crippen molar-refractivity contribution in [3.63, 3.8) is 0 Å². The van der Waals surface area contributed by atoms with Crippen molar-refractivity contribution in [3.05, 3.63) is 70.8 Å². The first-order chi connectivity index (χ1) is 12.0. The van der Waals surface area contributed by atoms with Crippen LogP contribution in [0.25, 0.3) is 0 Å². The van der Waals surface area contributed by atoms with E-state index >= 15 is 0 Å². The fourth-order valence-corrected chi connectivity index (χ4v) is 2.27. The number of benzene rings is 2. The number of hydrogen-bond donors (Lipinski definition) is 1. The van der Waals surface area contributed by atoms with Gasteiger partial charge < -0.3 is 10.1 Å². The fourth-order valence-electron chi connectivity index (χ4n) is 2.27. The Kier molecular flexibility index (Phi) is 5.79. The third kappa shape index (κ3) is 4.38. The largest absolute Gasteiger partial charge is 0.467 e. The molecule has 0 spiro atoms. The van der Waals surface area contributed by atoms with Crippen LogP contribution in [0.2, 0.25) is 0 Å². The van der Waals surface area contributed by atoms with Crippen molar-refractivity contribution in [2.45, 2.75) is 12.5 Å². The minimum absolute atomic E-state index is 0.00897. The maximum atomic E-state index is 13.7. The van der Waals surface area contributed by atoms with Gasteiger partial charge in [-0.15, -0.1) is 0 Å². The van der Waals surface area contributed by atoms with Gasteiger partial charge in [-0.05, 0) is 23.8 Å². The third-order valence-electron chi connectivity index (χ3n) is 3.53. The summed E-state index contributed by atoms with van der Waals surface area (Å²) in [6, 6.07) is 9.93. The Morgan fingerprint density at radius 2 is 1.96 bits per heavy atom. The Morgan fingerprint density at radius 3 is 2.60 bits per heavy atom. The number of ether oxygens (including phenoxy) is 1. The molecule has 0 bridgehead atoms. The Morgan fingerprint density at radius 1 is 1.24 bits per heavy atom. The quantitative estimate of drug-likeness (QED) is 0.845. The first-order valence-electron chi connectivity index (χ1n) is 7.28. The summed E-state index contributed by atoms with van der Waals surface area (Å²) in [6.07, 6.45) is -0.00897. The smallest absolute Gasteiger partial charge is 0.328 e. The molecule has 0 aliphatic heterocycles. The minimum atomic E-state index is -1.13. The van der Waals surface area contributed by atoms with Crippen molar-refractivity contribution in [2.24, 2.45) is 0 Å². The molecule has 7 heteroatoms. The zero-order valence-corrected chi connectivity index (χ0v) is 13.3. The molecule has 25 heavy (non-hydrogen) atoms. The van der Waals surface area contributed by atoms with Crippen molar-refractivity contribution in [1.29, 1.82) is 5.26 Å². The van der Waals surface area contributed by atoms with E-state index < -0.39 is 35.1 Å². The lowest BCUT2D eigenvalue weighted by Gasteiger charge is -2.17.